The molecule has 0 radical (unpaired) electrons. The maximum Gasteiger partial charge on any atom is 0.261 e. The first-order valence-corrected chi connectivity index (χ1v) is 4.91. The molecule has 0 aliphatic rings. The summed E-state index contributed by atoms with van der Waals surface area (Å²) >= 11 is 3.16. The summed E-state index contributed by atoms with van der Waals surface area (Å²) in [5.74, 6) is 0. The maximum atomic E-state index is 11.7. The first-order chi connectivity index (χ1) is 6.72. The Morgan fingerprint density at radius 3 is 3.07 bits per heavy atom. The molecule has 14 heavy (non-hydrogen) atoms. The second-order valence-corrected chi connectivity index (χ2v) is 3.65. The van der Waals surface area contributed by atoms with Crippen molar-refractivity contribution in [1.29, 1.82) is 0 Å². The lowest BCUT2D eigenvalue weighted by Gasteiger charge is -2.00. The predicted molar refractivity (Wildman–Crippen MR) is 55.3 cm³/mol. The molecule has 74 valence electrons. The van der Waals surface area contributed by atoms with Crippen LogP contribution in [0.2, 0.25) is 0 Å². The Bertz CT molecular complexity index is 514. The van der Waals surface area contributed by atoms with Crippen LogP contribution < -0.4 is 5.56 Å². The standard InChI is InChI=1S/C9H8BrNO3/c10-8-5-6-7(14-8)1-2-11(3-4-12)9(6)13/h1-2,5,12H,3-4H2. The van der Waals surface area contributed by atoms with E-state index in [1.54, 1.807) is 18.3 Å². The molecule has 1 N–H and O–H groups in total. The minimum Gasteiger partial charge on any atom is -0.449 e. The Hall–Kier alpha value is -1.07. The van der Waals surface area contributed by atoms with Gasteiger partial charge in [0.1, 0.15) is 5.58 Å². The normalized spacial score (nSPS) is 11.0. The van der Waals surface area contributed by atoms with Crippen LogP contribution in [0.5, 0.6) is 0 Å². The molecule has 4 nitrogen and oxygen atoms in total. The summed E-state index contributed by atoms with van der Waals surface area (Å²) < 4.78 is 7.21. The Morgan fingerprint density at radius 1 is 1.57 bits per heavy atom. The first kappa shape index (κ1) is 9.48. The van der Waals surface area contributed by atoms with Crippen molar-refractivity contribution < 1.29 is 9.52 Å². The van der Waals surface area contributed by atoms with E-state index in [9.17, 15) is 4.79 Å². The summed E-state index contributed by atoms with van der Waals surface area (Å²) in [5.41, 5.74) is 0.405. The molecule has 0 bridgehead atoms. The summed E-state index contributed by atoms with van der Waals surface area (Å²) in [6.45, 7) is 0.252. The maximum absolute atomic E-state index is 11.7. The molecule has 0 fully saturated rings. The Morgan fingerprint density at radius 2 is 2.36 bits per heavy atom. The zero-order chi connectivity index (χ0) is 10.1. The van der Waals surface area contributed by atoms with E-state index in [0.29, 0.717) is 22.2 Å². The topological polar surface area (TPSA) is 55.4 Å². The second-order valence-electron chi connectivity index (χ2n) is 2.87. The quantitative estimate of drug-likeness (QED) is 0.884. The smallest absolute Gasteiger partial charge is 0.261 e. The molecule has 0 spiro atoms. The van der Waals surface area contributed by atoms with E-state index in [-0.39, 0.29) is 12.2 Å². The summed E-state index contributed by atoms with van der Waals surface area (Å²) in [5, 5.41) is 9.25. The number of pyridine rings is 1. The lowest BCUT2D eigenvalue weighted by atomic mass is 10.3. The molecule has 2 aromatic heterocycles. The van der Waals surface area contributed by atoms with Gasteiger partial charge in [0.15, 0.2) is 4.67 Å². The van der Waals surface area contributed by atoms with Gasteiger partial charge < -0.3 is 14.1 Å². The first-order valence-electron chi connectivity index (χ1n) is 4.11. The molecule has 2 heterocycles. The van der Waals surface area contributed by atoms with E-state index >= 15 is 0 Å². The van der Waals surface area contributed by atoms with Crippen LogP contribution in [0.15, 0.2) is 32.2 Å². The monoisotopic (exact) mass is 257 g/mol. The van der Waals surface area contributed by atoms with E-state index in [4.69, 9.17) is 9.52 Å². The SMILES string of the molecule is O=c1c2cc(Br)oc2ccn1CCO. The molecule has 0 saturated carbocycles. The molecule has 0 amide bonds. The molecule has 0 unspecified atom stereocenters. The van der Waals surface area contributed by atoms with Crippen LogP contribution in [0.1, 0.15) is 0 Å². The molecule has 0 aliphatic heterocycles. The third-order valence-electron chi connectivity index (χ3n) is 1.97. The Kier molecular flexibility index (Phi) is 2.43. The van der Waals surface area contributed by atoms with Gasteiger partial charge in [-0.1, -0.05) is 0 Å². The molecule has 2 aromatic rings. The van der Waals surface area contributed by atoms with Crippen LogP contribution in [0.25, 0.3) is 11.0 Å². The Balaban J connectivity index is 2.68. The molecule has 5 heteroatoms. The fourth-order valence-electron chi connectivity index (χ4n) is 1.33. The van der Waals surface area contributed by atoms with Crippen molar-refractivity contribution in [3.05, 3.63) is 33.4 Å². The summed E-state index contributed by atoms with van der Waals surface area (Å²) in [6.07, 6.45) is 1.61. The number of aliphatic hydroxyl groups is 1. The minimum atomic E-state index is -0.147. The van der Waals surface area contributed by atoms with Crippen LogP contribution in [0.4, 0.5) is 0 Å². The fraction of sp³-hybridized carbons (Fsp3) is 0.222. The van der Waals surface area contributed by atoms with Crippen molar-refractivity contribution in [2.75, 3.05) is 6.61 Å². The number of furan rings is 1. The van der Waals surface area contributed by atoms with Gasteiger partial charge in [-0.3, -0.25) is 4.79 Å². The fourth-order valence-corrected chi connectivity index (χ4v) is 1.73. The largest absolute Gasteiger partial charge is 0.449 e. The highest BCUT2D eigenvalue weighted by Crippen LogP contribution is 2.19. The highest BCUT2D eigenvalue weighted by molar-refractivity contribution is 9.10. The van der Waals surface area contributed by atoms with Gasteiger partial charge in [0.05, 0.1) is 12.0 Å². The van der Waals surface area contributed by atoms with Gasteiger partial charge in [0.25, 0.3) is 5.56 Å². The van der Waals surface area contributed by atoms with Crippen molar-refractivity contribution in [2.24, 2.45) is 0 Å². The zero-order valence-electron chi connectivity index (χ0n) is 7.24. The number of fused-ring (bicyclic) bond motifs is 1. The average Bonchev–Trinajstić information content (AvgIpc) is 2.52. The highest BCUT2D eigenvalue weighted by atomic mass is 79.9. The van der Waals surface area contributed by atoms with Crippen molar-refractivity contribution in [2.45, 2.75) is 6.54 Å². The van der Waals surface area contributed by atoms with E-state index in [1.165, 1.54) is 4.57 Å². The molecule has 0 saturated heterocycles. The molecule has 2 rings (SSSR count). The van der Waals surface area contributed by atoms with Gasteiger partial charge in [0.2, 0.25) is 0 Å². The summed E-state index contributed by atoms with van der Waals surface area (Å²) in [6, 6.07) is 3.34. The number of hydrogen-bond donors (Lipinski definition) is 1. The van der Waals surface area contributed by atoms with E-state index in [0.717, 1.165) is 0 Å². The predicted octanol–water partition coefficient (Wildman–Crippen LogP) is 1.35. The van der Waals surface area contributed by atoms with Gasteiger partial charge >= 0.3 is 0 Å². The number of hydrogen-bond acceptors (Lipinski definition) is 3. The zero-order valence-corrected chi connectivity index (χ0v) is 8.82. The number of rotatable bonds is 2. The van der Waals surface area contributed by atoms with Crippen LogP contribution in [-0.4, -0.2) is 16.3 Å². The van der Waals surface area contributed by atoms with Crippen molar-refractivity contribution >= 4 is 26.9 Å². The minimum absolute atomic E-state index is 0.0512. The molecular formula is C9H8BrNO3. The molecular weight excluding hydrogens is 250 g/mol. The van der Waals surface area contributed by atoms with Crippen LogP contribution in [0, 0.1) is 0 Å². The van der Waals surface area contributed by atoms with Gasteiger partial charge in [-0.15, -0.1) is 0 Å². The van der Waals surface area contributed by atoms with Gasteiger partial charge in [0, 0.05) is 18.8 Å². The number of halogens is 1. The Labute approximate surface area is 87.9 Å². The highest BCUT2D eigenvalue weighted by Gasteiger charge is 2.06. The van der Waals surface area contributed by atoms with Crippen molar-refractivity contribution in [3.63, 3.8) is 0 Å². The summed E-state index contributed by atoms with van der Waals surface area (Å²) in [7, 11) is 0. The van der Waals surface area contributed by atoms with Gasteiger partial charge in [-0.25, -0.2) is 0 Å². The average molecular weight is 258 g/mol. The number of nitrogens with zero attached hydrogens (tertiary/aromatic N) is 1. The number of aliphatic hydroxyl groups excluding tert-OH is 1. The van der Waals surface area contributed by atoms with Crippen LogP contribution in [0.3, 0.4) is 0 Å². The lowest BCUT2D eigenvalue weighted by molar-refractivity contribution is 0.274. The van der Waals surface area contributed by atoms with E-state index in [1.807, 2.05) is 0 Å². The van der Waals surface area contributed by atoms with E-state index in [2.05, 4.69) is 15.9 Å². The van der Waals surface area contributed by atoms with Crippen LogP contribution in [-0.2, 0) is 6.54 Å². The van der Waals surface area contributed by atoms with Gasteiger partial charge in [-0.05, 0) is 22.0 Å². The third kappa shape index (κ3) is 1.49. The summed E-state index contributed by atoms with van der Waals surface area (Å²) in [4.78, 5) is 11.7. The second kappa shape index (κ2) is 3.59. The lowest BCUT2D eigenvalue weighted by Crippen LogP contribution is -2.20. The molecule has 0 aliphatic carbocycles. The van der Waals surface area contributed by atoms with Gasteiger partial charge in [-0.2, -0.15) is 0 Å². The number of aromatic nitrogens is 1. The van der Waals surface area contributed by atoms with Crippen molar-refractivity contribution in [1.82, 2.24) is 4.57 Å². The van der Waals surface area contributed by atoms with E-state index < -0.39 is 0 Å². The van der Waals surface area contributed by atoms with Crippen molar-refractivity contribution in [3.8, 4) is 0 Å². The van der Waals surface area contributed by atoms with Crippen LogP contribution >= 0.6 is 15.9 Å². The third-order valence-corrected chi connectivity index (χ3v) is 2.36. The molecule has 0 aromatic carbocycles. The molecule has 0 atom stereocenters.